The molecule has 2 unspecified atom stereocenters. The molecule has 0 aromatic heterocycles. The van der Waals surface area contributed by atoms with Gasteiger partial charge < -0.3 is 19.7 Å². The minimum Gasteiger partial charge on any atom is -0.490 e. The van der Waals surface area contributed by atoms with Gasteiger partial charge in [-0.15, -0.1) is 0 Å². The minimum absolute atomic E-state index is 0.0579. The van der Waals surface area contributed by atoms with E-state index in [2.05, 4.69) is 5.32 Å². The minimum atomic E-state index is -0.564. The van der Waals surface area contributed by atoms with Crippen LogP contribution in [0.2, 0.25) is 0 Å². The molecule has 0 fully saturated rings. The predicted octanol–water partition coefficient (Wildman–Crippen LogP) is 4.75. The summed E-state index contributed by atoms with van der Waals surface area (Å²) in [6.07, 6.45) is 1.69. The lowest BCUT2D eigenvalue weighted by Gasteiger charge is -2.30. The van der Waals surface area contributed by atoms with E-state index in [1.54, 1.807) is 11.8 Å². The highest BCUT2D eigenvalue weighted by atomic mass is 16.5. The lowest BCUT2D eigenvalue weighted by atomic mass is 10.1. The van der Waals surface area contributed by atoms with E-state index >= 15 is 0 Å². The molecule has 2 aromatic carbocycles. The average molecular weight is 455 g/mol. The summed E-state index contributed by atoms with van der Waals surface area (Å²) < 4.78 is 11.3. The summed E-state index contributed by atoms with van der Waals surface area (Å²) in [5, 5.41) is 3.00. The van der Waals surface area contributed by atoms with Gasteiger partial charge in [-0.2, -0.15) is 0 Å². The van der Waals surface area contributed by atoms with E-state index in [4.69, 9.17) is 9.47 Å². The first-order valence-electron chi connectivity index (χ1n) is 11.9. The van der Waals surface area contributed by atoms with Gasteiger partial charge >= 0.3 is 0 Å². The van der Waals surface area contributed by atoms with E-state index in [-0.39, 0.29) is 17.9 Å². The fraction of sp³-hybridized carbons (Fsp3) is 0.481. The molecule has 0 saturated carbocycles. The van der Waals surface area contributed by atoms with Gasteiger partial charge in [0, 0.05) is 19.0 Å². The zero-order valence-corrected chi connectivity index (χ0v) is 20.6. The van der Waals surface area contributed by atoms with Gasteiger partial charge in [0.1, 0.15) is 6.04 Å². The van der Waals surface area contributed by atoms with Gasteiger partial charge in [-0.3, -0.25) is 9.59 Å². The molecule has 2 atom stereocenters. The van der Waals surface area contributed by atoms with Crippen LogP contribution in [0.25, 0.3) is 0 Å². The topological polar surface area (TPSA) is 67.9 Å². The van der Waals surface area contributed by atoms with Crippen LogP contribution in [0.1, 0.15) is 58.6 Å². The summed E-state index contributed by atoms with van der Waals surface area (Å²) >= 11 is 0. The smallest absolute Gasteiger partial charge is 0.242 e. The fourth-order valence-electron chi connectivity index (χ4n) is 3.47. The molecule has 2 amide bonds. The number of benzene rings is 2. The number of hydrogen-bond donors (Lipinski definition) is 1. The maximum Gasteiger partial charge on any atom is 0.242 e. The van der Waals surface area contributed by atoms with Crippen molar-refractivity contribution in [3.63, 3.8) is 0 Å². The number of carbonyl (C=O) groups is 2. The second-order valence-electron chi connectivity index (χ2n) is 8.15. The van der Waals surface area contributed by atoms with Crippen LogP contribution in [-0.4, -0.2) is 42.0 Å². The zero-order chi connectivity index (χ0) is 24.2. The van der Waals surface area contributed by atoms with E-state index in [9.17, 15) is 9.59 Å². The molecule has 0 aliphatic rings. The van der Waals surface area contributed by atoms with Gasteiger partial charge in [-0.1, -0.05) is 43.3 Å². The number of rotatable bonds is 13. The van der Waals surface area contributed by atoms with Crippen LogP contribution in [0.5, 0.6) is 11.5 Å². The first-order chi connectivity index (χ1) is 15.9. The lowest BCUT2D eigenvalue weighted by molar-refractivity contribution is -0.140. The van der Waals surface area contributed by atoms with Crippen molar-refractivity contribution in [1.82, 2.24) is 10.2 Å². The van der Waals surface area contributed by atoms with E-state index in [1.165, 1.54) is 0 Å². The highest BCUT2D eigenvalue weighted by Gasteiger charge is 2.26. The number of ether oxygens (including phenoxy) is 2. The molecule has 180 valence electrons. The van der Waals surface area contributed by atoms with Gasteiger partial charge in [-0.25, -0.2) is 0 Å². The summed E-state index contributed by atoms with van der Waals surface area (Å²) in [6, 6.07) is 15.0. The van der Waals surface area contributed by atoms with Crippen molar-refractivity contribution in [1.29, 1.82) is 0 Å². The number of nitrogens with one attached hydrogen (secondary N) is 1. The number of hydrogen-bond acceptors (Lipinski definition) is 4. The average Bonchev–Trinajstić information content (AvgIpc) is 2.82. The first-order valence-corrected chi connectivity index (χ1v) is 11.9. The van der Waals surface area contributed by atoms with E-state index in [0.29, 0.717) is 44.1 Å². The van der Waals surface area contributed by atoms with Crippen molar-refractivity contribution in [3.05, 3.63) is 59.7 Å². The Morgan fingerprint density at radius 1 is 0.909 bits per heavy atom. The predicted molar refractivity (Wildman–Crippen MR) is 131 cm³/mol. The lowest BCUT2D eigenvalue weighted by Crippen LogP contribution is -2.49. The Balaban J connectivity index is 2.15. The van der Waals surface area contributed by atoms with Gasteiger partial charge in [0.25, 0.3) is 0 Å². The van der Waals surface area contributed by atoms with Crippen LogP contribution < -0.4 is 14.8 Å². The van der Waals surface area contributed by atoms with Crippen molar-refractivity contribution >= 4 is 11.8 Å². The van der Waals surface area contributed by atoms with Crippen LogP contribution in [0.15, 0.2) is 48.5 Å². The molecule has 2 rings (SSSR count). The summed E-state index contributed by atoms with van der Waals surface area (Å²) in [4.78, 5) is 27.8. The molecule has 0 saturated heterocycles. The molecule has 0 aliphatic carbocycles. The molecule has 0 aliphatic heterocycles. The molecule has 0 radical (unpaired) electrons. The van der Waals surface area contributed by atoms with Gasteiger partial charge in [0.2, 0.25) is 11.8 Å². The van der Waals surface area contributed by atoms with Crippen LogP contribution in [0, 0.1) is 0 Å². The van der Waals surface area contributed by atoms with E-state index in [1.807, 2.05) is 76.2 Å². The van der Waals surface area contributed by atoms with Crippen molar-refractivity contribution < 1.29 is 19.1 Å². The second kappa shape index (κ2) is 13.5. The van der Waals surface area contributed by atoms with E-state index < -0.39 is 6.04 Å². The maximum absolute atomic E-state index is 13.3. The Morgan fingerprint density at radius 2 is 1.58 bits per heavy atom. The summed E-state index contributed by atoms with van der Waals surface area (Å²) in [5.41, 5.74) is 1.99. The maximum atomic E-state index is 13.3. The molecule has 6 heteroatoms. The second-order valence-corrected chi connectivity index (χ2v) is 8.15. The Kier molecular flexibility index (Phi) is 10.7. The third-order valence-corrected chi connectivity index (χ3v) is 5.60. The SMILES string of the molecule is CCOc1ccc(CCC(=O)N(Cc2ccccc2)C(C)C(=O)NC(C)CC)cc1OCC. The first kappa shape index (κ1) is 26.2. The quantitative estimate of drug-likeness (QED) is 0.474. The standard InChI is InChI=1S/C27H38N2O4/c1-6-20(4)28-27(31)21(5)29(19-23-12-10-9-11-13-23)26(30)17-15-22-14-16-24(32-7-2)25(18-22)33-8-3/h9-14,16,18,20-21H,6-8,15,17,19H2,1-5H3,(H,28,31). The molecule has 33 heavy (non-hydrogen) atoms. The summed E-state index contributed by atoms with van der Waals surface area (Å²) in [6.45, 7) is 11.1. The van der Waals surface area contributed by atoms with Crippen molar-refractivity contribution in [3.8, 4) is 11.5 Å². The number of nitrogens with zero attached hydrogens (tertiary/aromatic N) is 1. The Bertz CT molecular complexity index is 885. The van der Waals surface area contributed by atoms with Crippen LogP contribution >= 0.6 is 0 Å². The van der Waals surface area contributed by atoms with Crippen LogP contribution in [0.3, 0.4) is 0 Å². The highest BCUT2D eigenvalue weighted by Crippen LogP contribution is 2.29. The Hall–Kier alpha value is -3.02. The monoisotopic (exact) mass is 454 g/mol. The Morgan fingerprint density at radius 3 is 2.21 bits per heavy atom. The molecule has 2 aromatic rings. The molecular formula is C27H38N2O4. The van der Waals surface area contributed by atoms with Crippen molar-refractivity contribution in [2.45, 2.75) is 72.5 Å². The van der Waals surface area contributed by atoms with Gasteiger partial charge in [0.15, 0.2) is 11.5 Å². The largest absolute Gasteiger partial charge is 0.490 e. The van der Waals surface area contributed by atoms with E-state index in [0.717, 1.165) is 17.5 Å². The molecular weight excluding hydrogens is 416 g/mol. The fourth-order valence-corrected chi connectivity index (χ4v) is 3.47. The van der Waals surface area contributed by atoms with Gasteiger partial charge in [-0.05, 0) is 63.8 Å². The summed E-state index contributed by atoms with van der Waals surface area (Å²) in [7, 11) is 0. The summed E-state index contributed by atoms with van der Waals surface area (Å²) in [5.74, 6) is 1.20. The Labute approximate surface area is 198 Å². The van der Waals surface area contributed by atoms with Crippen molar-refractivity contribution in [2.24, 2.45) is 0 Å². The molecule has 0 bridgehead atoms. The zero-order valence-electron chi connectivity index (χ0n) is 20.6. The number of amides is 2. The third kappa shape index (κ3) is 8.12. The number of carbonyl (C=O) groups excluding carboxylic acids is 2. The highest BCUT2D eigenvalue weighted by molar-refractivity contribution is 5.87. The van der Waals surface area contributed by atoms with Crippen molar-refractivity contribution in [2.75, 3.05) is 13.2 Å². The molecule has 1 N–H and O–H groups in total. The molecule has 0 spiro atoms. The van der Waals surface area contributed by atoms with Crippen LogP contribution in [-0.2, 0) is 22.6 Å². The van der Waals surface area contributed by atoms with Crippen LogP contribution in [0.4, 0.5) is 0 Å². The normalized spacial score (nSPS) is 12.5. The molecule has 0 heterocycles. The number of aryl methyl sites for hydroxylation is 1. The molecule has 6 nitrogen and oxygen atoms in total. The van der Waals surface area contributed by atoms with Gasteiger partial charge in [0.05, 0.1) is 13.2 Å². The third-order valence-electron chi connectivity index (χ3n) is 5.60.